The predicted octanol–water partition coefficient (Wildman–Crippen LogP) is 0.432. The minimum atomic E-state index is -1.06. The molecule has 0 radical (unpaired) electrons. The molecule has 19 heavy (non-hydrogen) atoms. The van der Waals surface area contributed by atoms with Crippen LogP contribution >= 0.6 is 0 Å². The van der Waals surface area contributed by atoms with E-state index in [1.165, 1.54) is 7.11 Å². The number of benzene rings is 1. The smallest absolute Gasteiger partial charge is 0.330 e. The molecule has 0 aliphatic heterocycles. The number of ether oxygens (including phenoxy) is 1. The molecule has 1 amide bonds. The first-order valence-electron chi connectivity index (χ1n) is 5.72. The highest BCUT2D eigenvalue weighted by Crippen LogP contribution is 2.14. The van der Waals surface area contributed by atoms with Gasteiger partial charge in [-0.1, -0.05) is 0 Å². The summed E-state index contributed by atoms with van der Waals surface area (Å²) in [6, 6.07) is 5.90. The minimum Gasteiger partial charge on any atom is -0.467 e. The molecule has 0 saturated heterocycles. The standard InChI is InChI=1S/C13H14N2O4/c1-19-13(18)11(7-16)15-12(17)9-2-3-10-8(6-9)4-5-14-10/h2-6,11,14,16H,7H2,1H3,(H,15,17). The Morgan fingerprint density at radius 3 is 2.89 bits per heavy atom. The van der Waals surface area contributed by atoms with Gasteiger partial charge in [-0.15, -0.1) is 0 Å². The first kappa shape index (κ1) is 13.1. The summed E-state index contributed by atoms with van der Waals surface area (Å²) in [6.07, 6.45) is 1.78. The van der Waals surface area contributed by atoms with Gasteiger partial charge in [0.15, 0.2) is 6.04 Å². The van der Waals surface area contributed by atoms with Gasteiger partial charge in [-0.2, -0.15) is 0 Å². The van der Waals surface area contributed by atoms with E-state index < -0.39 is 24.5 Å². The fraction of sp³-hybridized carbons (Fsp3) is 0.231. The third kappa shape index (κ3) is 2.74. The van der Waals surface area contributed by atoms with E-state index in [1.54, 1.807) is 24.4 Å². The van der Waals surface area contributed by atoms with E-state index in [4.69, 9.17) is 5.11 Å². The van der Waals surface area contributed by atoms with Crippen LogP contribution in [0.15, 0.2) is 30.5 Å². The highest BCUT2D eigenvalue weighted by atomic mass is 16.5. The topological polar surface area (TPSA) is 91.4 Å². The fourth-order valence-electron chi connectivity index (χ4n) is 1.76. The molecule has 0 fully saturated rings. The maximum Gasteiger partial charge on any atom is 0.330 e. The van der Waals surface area contributed by atoms with Crippen molar-refractivity contribution in [3.63, 3.8) is 0 Å². The average molecular weight is 262 g/mol. The number of H-pyrrole nitrogens is 1. The van der Waals surface area contributed by atoms with Crippen molar-refractivity contribution in [1.29, 1.82) is 0 Å². The quantitative estimate of drug-likeness (QED) is 0.697. The van der Waals surface area contributed by atoms with Crippen LogP contribution in [0, 0.1) is 0 Å². The van der Waals surface area contributed by atoms with Gasteiger partial charge in [0.1, 0.15) is 0 Å². The lowest BCUT2D eigenvalue weighted by atomic mass is 10.1. The number of nitrogens with one attached hydrogen (secondary N) is 2. The van der Waals surface area contributed by atoms with Crippen molar-refractivity contribution in [2.75, 3.05) is 13.7 Å². The molecule has 0 saturated carbocycles. The number of aromatic amines is 1. The van der Waals surface area contributed by atoms with Crippen LogP contribution in [0.1, 0.15) is 10.4 Å². The van der Waals surface area contributed by atoms with E-state index in [0.29, 0.717) is 5.56 Å². The number of methoxy groups -OCH3 is 1. The lowest BCUT2D eigenvalue weighted by Gasteiger charge is -2.13. The molecular formula is C13H14N2O4. The summed E-state index contributed by atoms with van der Waals surface area (Å²) < 4.78 is 4.48. The normalized spacial score (nSPS) is 12.1. The maximum atomic E-state index is 12.0. The number of aromatic nitrogens is 1. The zero-order valence-electron chi connectivity index (χ0n) is 10.3. The van der Waals surface area contributed by atoms with Crippen LogP contribution in [0.4, 0.5) is 0 Å². The summed E-state index contributed by atoms with van der Waals surface area (Å²) in [4.78, 5) is 26.3. The first-order valence-corrected chi connectivity index (χ1v) is 5.72. The van der Waals surface area contributed by atoms with Crippen LogP contribution in [0.25, 0.3) is 10.9 Å². The second-order valence-electron chi connectivity index (χ2n) is 4.01. The second kappa shape index (κ2) is 5.53. The zero-order chi connectivity index (χ0) is 13.8. The van der Waals surface area contributed by atoms with Gasteiger partial charge in [-0.3, -0.25) is 4.79 Å². The van der Waals surface area contributed by atoms with Crippen molar-refractivity contribution in [1.82, 2.24) is 10.3 Å². The predicted molar refractivity (Wildman–Crippen MR) is 68.7 cm³/mol. The summed E-state index contributed by atoms with van der Waals surface area (Å²) in [6.45, 7) is -0.509. The molecule has 3 N–H and O–H groups in total. The van der Waals surface area contributed by atoms with Gasteiger partial charge >= 0.3 is 5.97 Å². The molecule has 6 heteroatoms. The number of carbonyl (C=O) groups is 2. The van der Waals surface area contributed by atoms with Crippen LogP contribution in [-0.2, 0) is 9.53 Å². The van der Waals surface area contributed by atoms with Crippen LogP contribution in [-0.4, -0.2) is 41.7 Å². The molecule has 1 aromatic heterocycles. The molecule has 0 aliphatic rings. The van der Waals surface area contributed by atoms with Crippen LogP contribution in [0.5, 0.6) is 0 Å². The lowest BCUT2D eigenvalue weighted by Crippen LogP contribution is -2.44. The Kier molecular flexibility index (Phi) is 3.82. The molecule has 2 rings (SSSR count). The Morgan fingerprint density at radius 2 is 2.21 bits per heavy atom. The maximum absolute atomic E-state index is 12.0. The summed E-state index contributed by atoms with van der Waals surface area (Å²) >= 11 is 0. The number of aliphatic hydroxyl groups excluding tert-OH is 1. The molecule has 100 valence electrons. The van der Waals surface area contributed by atoms with Gasteiger partial charge in [-0.05, 0) is 24.3 Å². The SMILES string of the molecule is COC(=O)C(CO)NC(=O)c1ccc2[nH]ccc2c1. The molecule has 1 aromatic carbocycles. The van der Waals surface area contributed by atoms with Crippen molar-refractivity contribution in [2.45, 2.75) is 6.04 Å². The minimum absolute atomic E-state index is 0.412. The van der Waals surface area contributed by atoms with E-state index in [0.717, 1.165) is 10.9 Å². The number of amides is 1. The fourth-order valence-corrected chi connectivity index (χ4v) is 1.76. The Bertz CT molecular complexity index is 605. The third-order valence-electron chi connectivity index (χ3n) is 2.79. The summed E-state index contributed by atoms with van der Waals surface area (Å²) in [5.74, 6) is -1.12. The number of aliphatic hydroxyl groups is 1. The highest BCUT2D eigenvalue weighted by Gasteiger charge is 2.21. The van der Waals surface area contributed by atoms with E-state index in [9.17, 15) is 9.59 Å². The van der Waals surface area contributed by atoms with Crippen LogP contribution in [0.3, 0.4) is 0 Å². The number of esters is 1. The van der Waals surface area contributed by atoms with Gasteiger partial charge in [0.25, 0.3) is 5.91 Å². The molecular weight excluding hydrogens is 248 g/mol. The van der Waals surface area contributed by atoms with Crippen molar-refractivity contribution in [3.05, 3.63) is 36.0 Å². The van der Waals surface area contributed by atoms with E-state index in [-0.39, 0.29) is 0 Å². The molecule has 1 heterocycles. The Balaban J connectivity index is 2.16. The Morgan fingerprint density at radius 1 is 1.42 bits per heavy atom. The largest absolute Gasteiger partial charge is 0.467 e. The molecule has 0 bridgehead atoms. The second-order valence-corrected chi connectivity index (χ2v) is 4.01. The van der Waals surface area contributed by atoms with Gasteiger partial charge in [0.2, 0.25) is 0 Å². The van der Waals surface area contributed by atoms with E-state index >= 15 is 0 Å². The zero-order valence-corrected chi connectivity index (χ0v) is 10.3. The van der Waals surface area contributed by atoms with Gasteiger partial charge in [0, 0.05) is 22.7 Å². The van der Waals surface area contributed by atoms with Gasteiger partial charge in [0.05, 0.1) is 13.7 Å². The molecule has 1 atom stereocenters. The number of hydrogen-bond donors (Lipinski definition) is 3. The van der Waals surface area contributed by atoms with Crippen LogP contribution < -0.4 is 5.32 Å². The third-order valence-corrected chi connectivity index (χ3v) is 2.79. The first-order chi connectivity index (χ1) is 9.15. The molecule has 0 aliphatic carbocycles. The van der Waals surface area contributed by atoms with Crippen molar-refractivity contribution < 1.29 is 19.4 Å². The number of rotatable bonds is 4. The van der Waals surface area contributed by atoms with Gasteiger partial charge in [-0.25, -0.2) is 4.79 Å². The van der Waals surface area contributed by atoms with Crippen molar-refractivity contribution in [2.24, 2.45) is 0 Å². The molecule has 6 nitrogen and oxygen atoms in total. The average Bonchev–Trinajstić information content (AvgIpc) is 2.90. The van der Waals surface area contributed by atoms with E-state index in [2.05, 4.69) is 15.0 Å². The monoisotopic (exact) mass is 262 g/mol. The number of fused-ring (bicyclic) bond motifs is 1. The number of hydrogen-bond acceptors (Lipinski definition) is 4. The van der Waals surface area contributed by atoms with Crippen molar-refractivity contribution >= 4 is 22.8 Å². The highest BCUT2D eigenvalue weighted by molar-refractivity contribution is 5.99. The van der Waals surface area contributed by atoms with Crippen LogP contribution in [0.2, 0.25) is 0 Å². The Labute approximate surface area is 109 Å². The Hall–Kier alpha value is -2.34. The number of carbonyl (C=O) groups excluding carboxylic acids is 2. The van der Waals surface area contributed by atoms with Crippen molar-refractivity contribution in [3.8, 4) is 0 Å². The molecule has 2 aromatic rings. The molecule has 1 unspecified atom stereocenters. The van der Waals surface area contributed by atoms with E-state index in [1.807, 2.05) is 6.07 Å². The summed E-state index contributed by atoms with van der Waals surface area (Å²) in [5.41, 5.74) is 1.33. The lowest BCUT2D eigenvalue weighted by molar-refractivity contribution is -0.143. The molecule has 0 spiro atoms. The summed E-state index contributed by atoms with van der Waals surface area (Å²) in [5, 5.41) is 12.4. The summed E-state index contributed by atoms with van der Waals surface area (Å²) in [7, 11) is 1.20. The van der Waals surface area contributed by atoms with Gasteiger partial charge < -0.3 is 20.1 Å².